The van der Waals surface area contributed by atoms with Crippen LogP contribution >= 0.6 is 23.4 Å². The van der Waals surface area contributed by atoms with E-state index in [1.54, 1.807) is 31.2 Å². The van der Waals surface area contributed by atoms with Crippen LogP contribution in [0.25, 0.3) is 0 Å². The Labute approximate surface area is 114 Å². The molecule has 1 aliphatic rings. The third-order valence-corrected chi connectivity index (χ3v) is 3.89. The van der Waals surface area contributed by atoms with Crippen LogP contribution in [-0.4, -0.2) is 34.1 Å². The molecule has 96 valence electrons. The lowest BCUT2D eigenvalue weighted by atomic mass is 10.2. The van der Waals surface area contributed by atoms with Crippen LogP contribution in [0.2, 0.25) is 5.02 Å². The Kier molecular flexibility index (Phi) is 4.27. The second-order valence-corrected chi connectivity index (χ2v) is 5.40. The number of nitrogens with one attached hydrogen (secondary N) is 1. The average Bonchev–Trinajstić information content (AvgIpc) is 2.78. The molecule has 2 N–H and O–H groups in total. The van der Waals surface area contributed by atoms with Crippen molar-refractivity contribution in [1.82, 2.24) is 5.32 Å². The normalized spacial score (nSPS) is 20.4. The highest BCUT2D eigenvalue weighted by atomic mass is 35.5. The quantitative estimate of drug-likeness (QED) is 0.872. The van der Waals surface area contributed by atoms with Crippen molar-refractivity contribution >= 4 is 34.4 Å². The summed E-state index contributed by atoms with van der Waals surface area (Å²) in [5.41, 5.74) is 0.419. The number of benzene rings is 1. The van der Waals surface area contributed by atoms with Crippen LogP contribution in [0.3, 0.4) is 0 Å². The van der Waals surface area contributed by atoms with Crippen molar-refractivity contribution in [3.63, 3.8) is 0 Å². The molecule has 2 rings (SSSR count). The van der Waals surface area contributed by atoms with E-state index in [0.717, 1.165) is 0 Å². The van der Waals surface area contributed by atoms with Gasteiger partial charge in [0.15, 0.2) is 5.17 Å². The van der Waals surface area contributed by atoms with Crippen molar-refractivity contribution in [2.75, 3.05) is 5.75 Å². The number of nitrogens with zero attached hydrogens (tertiary/aromatic N) is 1. The molecule has 1 aromatic carbocycles. The topological polar surface area (TPSA) is 61.7 Å². The SMILES string of the molecule is CC(O)C1CSC(NC(=O)c2ccccc2Cl)=N1. The highest BCUT2D eigenvalue weighted by molar-refractivity contribution is 8.14. The van der Waals surface area contributed by atoms with Gasteiger partial charge in [0.05, 0.1) is 22.7 Å². The third kappa shape index (κ3) is 3.04. The predicted octanol–water partition coefficient (Wildman–Crippen LogP) is 1.92. The fourth-order valence-electron chi connectivity index (χ4n) is 1.51. The Balaban J connectivity index is 2.05. The van der Waals surface area contributed by atoms with Gasteiger partial charge in [-0.3, -0.25) is 9.79 Å². The van der Waals surface area contributed by atoms with Crippen molar-refractivity contribution in [2.45, 2.75) is 19.1 Å². The predicted molar refractivity (Wildman–Crippen MR) is 74.3 cm³/mol. The molecule has 0 saturated heterocycles. The standard InChI is InChI=1S/C12H13ClN2O2S/c1-7(16)10-6-18-12(14-10)15-11(17)8-4-2-3-5-9(8)13/h2-5,7,10,16H,6H2,1H3,(H,14,15,17). The number of carbonyl (C=O) groups excluding carboxylic acids is 1. The van der Waals surface area contributed by atoms with Gasteiger partial charge in [0.25, 0.3) is 5.91 Å². The monoisotopic (exact) mass is 284 g/mol. The number of aliphatic hydroxyl groups excluding tert-OH is 1. The van der Waals surface area contributed by atoms with E-state index in [4.69, 9.17) is 11.6 Å². The van der Waals surface area contributed by atoms with Gasteiger partial charge in [-0.2, -0.15) is 0 Å². The van der Waals surface area contributed by atoms with Gasteiger partial charge < -0.3 is 10.4 Å². The van der Waals surface area contributed by atoms with E-state index in [1.165, 1.54) is 11.8 Å². The number of amidine groups is 1. The summed E-state index contributed by atoms with van der Waals surface area (Å²) >= 11 is 7.36. The molecule has 4 nitrogen and oxygen atoms in total. The van der Waals surface area contributed by atoms with Crippen molar-refractivity contribution in [3.05, 3.63) is 34.9 Å². The van der Waals surface area contributed by atoms with Crippen LogP contribution < -0.4 is 5.32 Å². The first-order valence-electron chi connectivity index (χ1n) is 5.52. The molecule has 18 heavy (non-hydrogen) atoms. The smallest absolute Gasteiger partial charge is 0.258 e. The van der Waals surface area contributed by atoms with E-state index in [1.807, 2.05) is 0 Å². The number of aliphatic hydroxyl groups is 1. The van der Waals surface area contributed by atoms with E-state index < -0.39 is 6.10 Å². The van der Waals surface area contributed by atoms with Gasteiger partial charge >= 0.3 is 0 Å². The van der Waals surface area contributed by atoms with Crippen molar-refractivity contribution in [2.24, 2.45) is 4.99 Å². The van der Waals surface area contributed by atoms with Gasteiger partial charge in [0.2, 0.25) is 0 Å². The second-order valence-electron chi connectivity index (χ2n) is 3.99. The molecule has 6 heteroatoms. The summed E-state index contributed by atoms with van der Waals surface area (Å²) in [5.74, 6) is 0.397. The molecule has 0 fully saturated rings. The van der Waals surface area contributed by atoms with Gasteiger partial charge in [0, 0.05) is 5.75 Å². The molecule has 0 aliphatic carbocycles. The van der Waals surface area contributed by atoms with E-state index in [2.05, 4.69) is 10.3 Å². The van der Waals surface area contributed by atoms with Crippen LogP contribution in [0, 0.1) is 0 Å². The Morgan fingerprint density at radius 1 is 1.61 bits per heavy atom. The van der Waals surface area contributed by atoms with Gasteiger partial charge in [-0.25, -0.2) is 0 Å². The Morgan fingerprint density at radius 3 is 2.94 bits per heavy atom. The van der Waals surface area contributed by atoms with Crippen LogP contribution in [-0.2, 0) is 0 Å². The molecule has 0 aromatic heterocycles. The average molecular weight is 285 g/mol. The lowest BCUT2D eigenvalue weighted by molar-refractivity contribution is 0.0977. The molecule has 1 aliphatic heterocycles. The number of aliphatic imine (C=N–C) groups is 1. The van der Waals surface area contributed by atoms with E-state index in [-0.39, 0.29) is 11.9 Å². The zero-order valence-corrected chi connectivity index (χ0v) is 11.3. The maximum Gasteiger partial charge on any atom is 0.258 e. The molecule has 1 amide bonds. The van der Waals surface area contributed by atoms with Crippen molar-refractivity contribution in [1.29, 1.82) is 0 Å². The van der Waals surface area contributed by atoms with E-state index >= 15 is 0 Å². The molecule has 2 atom stereocenters. The maximum atomic E-state index is 11.9. The van der Waals surface area contributed by atoms with Gasteiger partial charge in [0.1, 0.15) is 0 Å². The Morgan fingerprint density at radius 2 is 2.33 bits per heavy atom. The number of hydrogen-bond donors (Lipinski definition) is 2. The number of hydrogen-bond acceptors (Lipinski definition) is 4. The summed E-state index contributed by atoms with van der Waals surface area (Å²) in [5, 5.41) is 13.1. The summed E-state index contributed by atoms with van der Waals surface area (Å²) in [6.45, 7) is 1.69. The first-order chi connectivity index (χ1) is 8.58. The summed E-state index contributed by atoms with van der Waals surface area (Å²) in [4.78, 5) is 16.2. The summed E-state index contributed by atoms with van der Waals surface area (Å²) in [6, 6.07) is 6.69. The molecule has 0 radical (unpaired) electrons. The second kappa shape index (κ2) is 5.73. The molecule has 1 aromatic rings. The van der Waals surface area contributed by atoms with Gasteiger partial charge in [-0.15, -0.1) is 0 Å². The van der Waals surface area contributed by atoms with Crippen LogP contribution in [0.4, 0.5) is 0 Å². The zero-order chi connectivity index (χ0) is 13.1. The molecular formula is C12H13ClN2O2S. The first kappa shape index (κ1) is 13.4. The lowest BCUT2D eigenvalue weighted by Gasteiger charge is -2.07. The molecule has 0 spiro atoms. The highest BCUT2D eigenvalue weighted by Gasteiger charge is 2.24. The molecular weight excluding hydrogens is 272 g/mol. The first-order valence-corrected chi connectivity index (χ1v) is 6.89. The number of thioether (sulfide) groups is 1. The lowest BCUT2D eigenvalue weighted by Crippen LogP contribution is -2.28. The van der Waals surface area contributed by atoms with Gasteiger partial charge in [-0.1, -0.05) is 35.5 Å². The molecule has 1 heterocycles. The minimum absolute atomic E-state index is 0.156. The maximum absolute atomic E-state index is 11.9. The number of halogens is 1. The highest BCUT2D eigenvalue weighted by Crippen LogP contribution is 2.20. The van der Waals surface area contributed by atoms with Crippen molar-refractivity contribution in [3.8, 4) is 0 Å². The van der Waals surface area contributed by atoms with E-state index in [9.17, 15) is 9.90 Å². The summed E-state index contributed by atoms with van der Waals surface area (Å²) in [6.07, 6.45) is -0.507. The Bertz CT molecular complexity index is 491. The largest absolute Gasteiger partial charge is 0.391 e. The number of amides is 1. The third-order valence-electron chi connectivity index (χ3n) is 2.57. The minimum atomic E-state index is -0.507. The summed E-state index contributed by atoms with van der Waals surface area (Å²) < 4.78 is 0. The fraction of sp³-hybridized carbons (Fsp3) is 0.333. The van der Waals surface area contributed by atoms with Crippen LogP contribution in [0.1, 0.15) is 17.3 Å². The van der Waals surface area contributed by atoms with E-state index in [0.29, 0.717) is 21.5 Å². The minimum Gasteiger partial charge on any atom is -0.391 e. The molecule has 0 saturated carbocycles. The Hall–Kier alpha value is -1.04. The summed E-state index contributed by atoms with van der Waals surface area (Å²) in [7, 11) is 0. The van der Waals surface area contributed by atoms with Gasteiger partial charge in [-0.05, 0) is 19.1 Å². The number of carbonyl (C=O) groups is 1. The van der Waals surface area contributed by atoms with Crippen molar-refractivity contribution < 1.29 is 9.90 Å². The zero-order valence-electron chi connectivity index (χ0n) is 9.76. The van der Waals surface area contributed by atoms with Crippen LogP contribution in [0.5, 0.6) is 0 Å². The fourth-order valence-corrected chi connectivity index (χ4v) is 2.79. The number of rotatable bonds is 2. The molecule has 0 bridgehead atoms. The molecule has 2 unspecified atom stereocenters. The van der Waals surface area contributed by atoms with Crippen LogP contribution in [0.15, 0.2) is 29.3 Å².